The molecule has 0 aliphatic carbocycles. The van der Waals surface area contributed by atoms with Crippen molar-refractivity contribution in [2.24, 2.45) is 4.40 Å². The van der Waals surface area contributed by atoms with Crippen LogP contribution in [0.3, 0.4) is 0 Å². The summed E-state index contributed by atoms with van der Waals surface area (Å²) in [5.41, 5.74) is 1.40. The number of rotatable bonds is 3. The van der Waals surface area contributed by atoms with Gasteiger partial charge in [-0.1, -0.05) is 18.7 Å². The molecule has 1 aliphatic rings. The number of benzene rings is 1. The van der Waals surface area contributed by atoms with E-state index in [0.717, 1.165) is 5.57 Å². The molecule has 0 fully saturated rings. The van der Waals surface area contributed by atoms with Crippen molar-refractivity contribution in [1.29, 1.82) is 0 Å². The summed E-state index contributed by atoms with van der Waals surface area (Å²) in [4.78, 5) is 1.94. The van der Waals surface area contributed by atoms with Crippen molar-refractivity contribution in [2.45, 2.75) is 4.90 Å². The largest absolute Gasteiger partial charge is 0.326 e. The third-order valence-electron chi connectivity index (χ3n) is 2.36. The van der Waals surface area contributed by atoms with Gasteiger partial charge < -0.3 is 4.90 Å². The van der Waals surface area contributed by atoms with Gasteiger partial charge in [0.15, 0.2) is 0 Å². The Morgan fingerprint density at radius 1 is 1.41 bits per heavy atom. The van der Waals surface area contributed by atoms with Gasteiger partial charge in [0.2, 0.25) is 0 Å². The summed E-state index contributed by atoms with van der Waals surface area (Å²) in [6, 6.07) is 6.73. The van der Waals surface area contributed by atoms with Crippen molar-refractivity contribution in [2.75, 3.05) is 17.3 Å². The molecular weight excluding hydrogens is 260 g/mol. The van der Waals surface area contributed by atoms with Gasteiger partial charge in [0.1, 0.15) is 11.2 Å². The SMILES string of the molecule is C=C(CCl)CN1C=NS(=O)(=O)c2ccccc21. The van der Waals surface area contributed by atoms with Crippen LogP contribution in [0.5, 0.6) is 0 Å². The molecule has 0 N–H and O–H groups in total. The maximum atomic E-state index is 11.7. The van der Waals surface area contributed by atoms with E-state index in [1.807, 2.05) is 0 Å². The first-order valence-electron chi connectivity index (χ1n) is 4.93. The lowest BCUT2D eigenvalue weighted by Crippen LogP contribution is -2.29. The first-order chi connectivity index (χ1) is 8.04. The van der Waals surface area contributed by atoms with Gasteiger partial charge in [-0.3, -0.25) is 0 Å². The Bertz CT molecular complexity index is 581. The van der Waals surface area contributed by atoms with E-state index in [1.165, 1.54) is 12.4 Å². The third-order valence-corrected chi connectivity index (χ3v) is 4.01. The minimum atomic E-state index is -3.55. The van der Waals surface area contributed by atoms with Gasteiger partial charge in [0, 0.05) is 12.4 Å². The number of sulfonamides is 1. The second-order valence-electron chi connectivity index (χ2n) is 3.68. The highest BCUT2D eigenvalue weighted by Crippen LogP contribution is 2.29. The van der Waals surface area contributed by atoms with Gasteiger partial charge in [-0.15, -0.1) is 16.0 Å². The molecule has 0 aromatic heterocycles. The molecule has 0 saturated heterocycles. The van der Waals surface area contributed by atoms with Crippen molar-refractivity contribution >= 4 is 33.7 Å². The van der Waals surface area contributed by atoms with Crippen molar-refractivity contribution < 1.29 is 8.42 Å². The molecule has 0 radical (unpaired) electrons. The average Bonchev–Trinajstić information content (AvgIpc) is 2.33. The zero-order valence-corrected chi connectivity index (χ0v) is 10.6. The highest BCUT2D eigenvalue weighted by Gasteiger charge is 2.24. The molecule has 2 rings (SSSR count). The molecule has 0 amide bonds. The fourth-order valence-electron chi connectivity index (χ4n) is 1.56. The van der Waals surface area contributed by atoms with Crippen LogP contribution in [0.1, 0.15) is 0 Å². The molecule has 0 atom stereocenters. The zero-order chi connectivity index (χ0) is 12.5. The number of fused-ring (bicyclic) bond motifs is 1. The monoisotopic (exact) mass is 270 g/mol. The average molecular weight is 271 g/mol. The van der Waals surface area contributed by atoms with Crippen LogP contribution in [0.25, 0.3) is 0 Å². The van der Waals surface area contributed by atoms with E-state index < -0.39 is 10.0 Å². The summed E-state index contributed by atoms with van der Waals surface area (Å²) >= 11 is 5.67. The molecule has 0 spiro atoms. The van der Waals surface area contributed by atoms with E-state index in [0.29, 0.717) is 18.1 Å². The van der Waals surface area contributed by atoms with Gasteiger partial charge in [-0.05, 0) is 17.7 Å². The minimum Gasteiger partial charge on any atom is -0.326 e. The van der Waals surface area contributed by atoms with Crippen molar-refractivity contribution in [3.05, 3.63) is 36.4 Å². The summed E-state index contributed by atoms with van der Waals surface area (Å²) in [6.07, 6.45) is 1.30. The van der Waals surface area contributed by atoms with Gasteiger partial charge in [0.05, 0.1) is 5.69 Å². The Hall–Kier alpha value is -1.33. The standard InChI is InChI=1S/C11H11ClN2O2S/c1-9(6-12)7-14-8-13-17(15,16)11-5-3-2-4-10(11)14/h2-5,8H,1,6-7H2. The van der Waals surface area contributed by atoms with Crippen LogP contribution in [0.2, 0.25) is 0 Å². The maximum Gasteiger partial charge on any atom is 0.285 e. The van der Waals surface area contributed by atoms with Crippen LogP contribution in [0.15, 0.2) is 45.7 Å². The molecule has 90 valence electrons. The Labute approximate surface area is 105 Å². The molecule has 17 heavy (non-hydrogen) atoms. The molecule has 4 nitrogen and oxygen atoms in total. The first kappa shape index (κ1) is 12.1. The molecule has 1 aromatic rings. The van der Waals surface area contributed by atoms with Gasteiger partial charge in [-0.2, -0.15) is 8.42 Å². The number of nitrogens with zero attached hydrogens (tertiary/aromatic N) is 2. The fraction of sp³-hybridized carbons (Fsp3) is 0.182. The van der Waals surface area contributed by atoms with Crippen LogP contribution in [0, 0.1) is 0 Å². The smallest absolute Gasteiger partial charge is 0.285 e. The summed E-state index contributed by atoms with van der Waals surface area (Å²) in [5, 5.41) is 0. The van der Waals surface area contributed by atoms with E-state index in [9.17, 15) is 8.42 Å². The van der Waals surface area contributed by atoms with Crippen molar-refractivity contribution in [3.8, 4) is 0 Å². The molecule has 1 heterocycles. The summed E-state index contributed by atoms with van der Waals surface area (Å²) in [7, 11) is -3.55. The highest BCUT2D eigenvalue weighted by atomic mass is 35.5. The molecular formula is C11H11ClN2O2S. The molecule has 0 unspecified atom stereocenters. The molecule has 6 heteroatoms. The van der Waals surface area contributed by atoms with Gasteiger partial charge >= 0.3 is 0 Å². The number of para-hydroxylation sites is 1. The first-order valence-corrected chi connectivity index (χ1v) is 6.91. The molecule has 0 saturated carbocycles. The predicted octanol–water partition coefficient (Wildman–Crippen LogP) is 2.02. The number of anilines is 1. The van der Waals surface area contributed by atoms with Crippen LogP contribution in [0.4, 0.5) is 5.69 Å². The Kier molecular flexibility index (Phi) is 3.22. The van der Waals surface area contributed by atoms with Gasteiger partial charge in [-0.25, -0.2) is 0 Å². The number of halogens is 1. The Balaban J connectivity index is 2.44. The van der Waals surface area contributed by atoms with Crippen molar-refractivity contribution in [1.82, 2.24) is 0 Å². The summed E-state index contributed by atoms with van der Waals surface area (Å²) < 4.78 is 27.0. The number of hydrogen-bond acceptors (Lipinski definition) is 3. The third kappa shape index (κ3) is 2.35. The van der Waals surface area contributed by atoms with E-state index >= 15 is 0 Å². The molecule has 1 aliphatic heterocycles. The van der Waals surface area contributed by atoms with E-state index in [2.05, 4.69) is 11.0 Å². The Morgan fingerprint density at radius 3 is 2.82 bits per heavy atom. The van der Waals surface area contributed by atoms with Crippen molar-refractivity contribution in [3.63, 3.8) is 0 Å². The summed E-state index contributed by atoms with van der Waals surface area (Å²) in [6.45, 7) is 4.25. The number of hydrogen-bond donors (Lipinski definition) is 0. The van der Waals surface area contributed by atoms with Crippen LogP contribution in [-0.4, -0.2) is 27.2 Å². The van der Waals surface area contributed by atoms with Crippen LogP contribution in [-0.2, 0) is 10.0 Å². The van der Waals surface area contributed by atoms with E-state index in [1.54, 1.807) is 23.1 Å². The quantitative estimate of drug-likeness (QED) is 0.624. The topological polar surface area (TPSA) is 49.7 Å². The van der Waals surface area contributed by atoms with E-state index in [4.69, 9.17) is 11.6 Å². The molecule has 1 aromatic carbocycles. The lowest BCUT2D eigenvalue weighted by Gasteiger charge is -2.25. The van der Waals surface area contributed by atoms with Crippen LogP contribution < -0.4 is 4.90 Å². The lowest BCUT2D eigenvalue weighted by atomic mass is 10.2. The second-order valence-corrected chi connectivity index (χ2v) is 5.54. The zero-order valence-electron chi connectivity index (χ0n) is 9.01. The number of alkyl halides is 1. The van der Waals surface area contributed by atoms with Gasteiger partial charge in [0.25, 0.3) is 10.0 Å². The molecule has 0 bridgehead atoms. The maximum absolute atomic E-state index is 11.7. The highest BCUT2D eigenvalue weighted by molar-refractivity contribution is 7.90. The second kappa shape index (κ2) is 4.50. The fourth-order valence-corrected chi connectivity index (χ4v) is 2.70. The lowest BCUT2D eigenvalue weighted by molar-refractivity contribution is 0.597. The summed E-state index contributed by atoms with van der Waals surface area (Å²) in [5.74, 6) is 0.333. The normalized spacial score (nSPS) is 16.6. The van der Waals surface area contributed by atoms with E-state index in [-0.39, 0.29) is 4.90 Å². The van der Waals surface area contributed by atoms with Crippen LogP contribution >= 0.6 is 11.6 Å². The minimum absolute atomic E-state index is 0.213. The Morgan fingerprint density at radius 2 is 2.12 bits per heavy atom. The predicted molar refractivity (Wildman–Crippen MR) is 69.3 cm³/mol.